The van der Waals surface area contributed by atoms with E-state index in [1.807, 2.05) is 0 Å². The standard InChI is InChI=1S/C3H6O2.CH2O3.2Na/c1-2-3(4)5;2-1(3)4;;/h2H2,1H3,(H,4,5);(H2,2,3,4);;/q;;2*+1/p-2. The molecule has 0 bridgehead atoms. The maximum Gasteiger partial charge on any atom is 1.00 e. The largest absolute Gasteiger partial charge is 1.00 e. The SMILES string of the molecule is CCC(=O)O.O=C([O-])[O-].[Na+].[Na+]. The summed E-state index contributed by atoms with van der Waals surface area (Å²) in [6.45, 7) is 1.60. The fourth-order valence-corrected chi connectivity index (χ4v) is 0. The summed E-state index contributed by atoms with van der Waals surface area (Å²) in [5, 5.41) is 24.4. The summed E-state index contributed by atoms with van der Waals surface area (Å²) >= 11 is 0. The van der Waals surface area contributed by atoms with Crippen LogP contribution < -0.4 is 69.3 Å². The molecule has 5 nitrogen and oxygen atoms in total. The number of carbonyl (C=O) groups excluding carboxylic acids is 1. The molecule has 54 valence electrons. The van der Waals surface area contributed by atoms with Crippen LogP contribution >= 0.6 is 0 Å². The van der Waals surface area contributed by atoms with Crippen molar-refractivity contribution in [1.29, 1.82) is 0 Å². The van der Waals surface area contributed by atoms with Crippen LogP contribution in [0.3, 0.4) is 0 Å². The van der Waals surface area contributed by atoms with Crippen LogP contribution in [-0.4, -0.2) is 17.2 Å². The van der Waals surface area contributed by atoms with Gasteiger partial charge >= 0.3 is 65.1 Å². The monoisotopic (exact) mass is 180 g/mol. The van der Waals surface area contributed by atoms with E-state index >= 15 is 0 Å². The smallest absolute Gasteiger partial charge is 0.652 e. The van der Waals surface area contributed by atoms with Crippen molar-refractivity contribution in [2.75, 3.05) is 0 Å². The first-order chi connectivity index (χ1) is 4.00. The zero-order valence-electron chi connectivity index (χ0n) is 6.79. The Kier molecular flexibility index (Phi) is 34.9. The summed E-state index contributed by atoms with van der Waals surface area (Å²) < 4.78 is 0. The third-order valence-electron chi connectivity index (χ3n) is 0.302. The van der Waals surface area contributed by atoms with Gasteiger partial charge in [0.15, 0.2) is 0 Å². The summed E-state index contributed by atoms with van der Waals surface area (Å²) in [6, 6.07) is 0. The van der Waals surface area contributed by atoms with Gasteiger partial charge in [-0.05, 0) is 6.16 Å². The summed E-state index contributed by atoms with van der Waals surface area (Å²) in [5.74, 6) is -0.745. The van der Waals surface area contributed by atoms with Gasteiger partial charge in [-0.15, -0.1) is 0 Å². The average molecular weight is 180 g/mol. The van der Waals surface area contributed by atoms with Crippen molar-refractivity contribution < 1.29 is 84.0 Å². The van der Waals surface area contributed by atoms with E-state index in [1.54, 1.807) is 6.92 Å². The topological polar surface area (TPSA) is 100 Å². The quantitative estimate of drug-likeness (QED) is 0.404. The number of carboxylic acid groups (broad SMARTS) is 3. The van der Waals surface area contributed by atoms with Crippen molar-refractivity contribution in [3.8, 4) is 0 Å². The van der Waals surface area contributed by atoms with Gasteiger partial charge < -0.3 is 20.1 Å². The van der Waals surface area contributed by atoms with Gasteiger partial charge in [0.1, 0.15) is 0 Å². The van der Waals surface area contributed by atoms with Crippen LogP contribution in [0.25, 0.3) is 0 Å². The third-order valence-corrected chi connectivity index (χ3v) is 0.302. The van der Waals surface area contributed by atoms with Crippen LogP contribution in [0.15, 0.2) is 0 Å². The van der Waals surface area contributed by atoms with Crippen molar-refractivity contribution in [2.24, 2.45) is 0 Å². The molecule has 0 amide bonds. The second-order valence-electron chi connectivity index (χ2n) is 0.997. The Bertz CT molecular complexity index is 101. The molecule has 0 unspecified atom stereocenters. The molecule has 0 spiro atoms. The molecule has 0 saturated heterocycles. The van der Waals surface area contributed by atoms with Gasteiger partial charge in [0.25, 0.3) is 0 Å². The molecule has 0 saturated carbocycles. The van der Waals surface area contributed by atoms with Crippen LogP contribution in [0.5, 0.6) is 0 Å². The first-order valence-corrected chi connectivity index (χ1v) is 2.10. The molecule has 0 atom stereocenters. The molecular weight excluding hydrogens is 174 g/mol. The molecule has 7 heteroatoms. The second kappa shape index (κ2) is 17.0. The summed E-state index contributed by atoms with van der Waals surface area (Å²) in [5.41, 5.74) is 0. The molecule has 0 aromatic carbocycles. The molecule has 0 rings (SSSR count). The third kappa shape index (κ3) is 109. The van der Waals surface area contributed by atoms with E-state index in [4.69, 9.17) is 20.1 Å². The molecule has 0 aliphatic rings. The zero-order chi connectivity index (χ0) is 7.86. The number of hydrogen-bond acceptors (Lipinski definition) is 4. The number of hydrogen-bond donors (Lipinski definition) is 1. The van der Waals surface area contributed by atoms with Crippen LogP contribution in [0.2, 0.25) is 0 Å². The van der Waals surface area contributed by atoms with Gasteiger partial charge in [-0.1, -0.05) is 6.92 Å². The molecule has 0 aromatic rings. The average Bonchev–Trinajstić information content (AvgIpc) is 1.65. The Morgan fingerprint density at radius 2 is 1.36 bits per heavy atom. The van der Waals surface area contributed by atoms with Gasteiger partial charge in [-0.25, -0.2) is 0 Å². The summed E-state index contributed by atoms with van der Waals surface area (Å²) in [4.78, 5) is 17.7. The van der Waals surface area contributed by atoms with Crippen LogP contribution in [0.1, 0.15) is 13.3 Å². The van der Waals surface area contributed by atoms with Crippen LogP contribution in [0.4, 0.5) is 4.79 Å². The number of rotatable bonds is 1. The fourth-order valence-electron chi connectivity index (χ4n) is 0. The van der Waals surface area contributed by atoms with E-state index in [0.717, 1.165) is 0 Å². The zero-order valence-corrected chi connectivity index (χ0v) is 10.8. The maximum absolute atomic E-state index is 9.37. The molecule has 0 aliphatic heterocycles. The predicted octanol–water partition coefficient (Wildman–Crippen LogP) is -7.96. The first kappa shape index (κ1) is 22.6. The van der Waals surface area contributed by atoms with Gasteiger partial charge in [0.2, 0.25) is 0 Å². The Balaban J connectivity index is -0.0000000383. The Hall–Kier alpha value is 0.740. The van der Waals surface area contributed by atoms with Gasteiger partial charge in [0.05, 0.1) is 0 Å². The second-order valence-corrected chi connectivity index (χ2v) is 0.997. The summed E-state index contributed by atoms with van der Waals surface area (Å²) in [7, 11) is 0. The molecule has 11 heavy (non-hydrogen) atoms. The molecular formula is C4H6Na2O5. The fraction of sp³-hybridized carbons (Fsp3) is 0.500. The molecule has 0 aliphatic carbocycles. The Morgan fingerprint density at radius 3 is 1.36 bits per heavy atom. The molecule has 1 N–H and O–H groups in total. The molecule has 0 aromatic heterocycles. The number of carbonyl (C=O) groups is 2. The van der Waals surface area contributed by atoms with Gasteiger partial charge in [-0.2, -0.15) is 0 Å². The van der Waals surface area contributed by atoms with Gasteiger partial charge in [-0.3, -0.25) is 4.79 Å². The maximum atomic E-state index is 9.37. The number of aliphatic carboxylic acids is 1. The van der Waals surface area contributed by atoms with Crippen molar-refractivity contribution in [2.45, 2.75) is 13.3 Å². The van der Waals surface area contributed by atoms with E-state index in [2.05, 4.69) is 0 Å². The van der Waals surface area contributed by atoms with E-state index < -0.39 is 12.1 Å². The first-order valence-electron chi connectivity index (χ1n) is 2.10. The minimum atomic E-state index is -2.33. The molecule has 0 heterocycles. The minimum Gasteiger partial charge on any atom is -0.652 e. The Morgan fingerprint density at radius 1 is 1.27 bits per heavy atom. The van der Waals surface area contributed by atoms with Crippen molar-refractivity contribution >= 4 is 12.1 Å². The Labute approximate surface area is 108 Å². The minimum absolute atomic E-state index is 0. The van der Waals surface area contributed by atoms with Crippen molar-refractivity contribution in [3.63, 3.8) is 0 Å². The van der Waals surface area contributed by atoms with E-state index in [0.29, 0.717) is 0 Å². The summed E-state index contributed by atoms with van der Waals surface area (Å²) in [6.07, 6.45) is -2.11. The van der Waals surface area contributed by atoms with Gasteiger partial charge in [0, 0.05) is 6.42 Å². The van der Waals surface area contributed by atoms with E-state index in [9.17, 15) is 4.79 Å². The van der Waals surface area contributed by atoms with E-state index in [-0.39, 0.29) is 65.5 Å². The van der Waals surface area contributed by atoms with E-state index in [1.165, 1.54) is 0 Å². The predicted molar refractivity (Wildman–Crippen MR) is 23.3 cm³/mol. The normalized spacial score (nSPS) is 5.55. The van der Waals surface area contributed by atoms with Crippen molar-refractivity contribution in [3.05, 3.63) is 0 Å². The van der Waals surface area contributed by atoms with Crippen LogP contribution in [-0.2, 0) is 4.79 Å². The van der Waals surface area contributed by atoms with Crippen LogP contribution in [0, 0.1) is 0 Å². The number of carboxylic acids is 1. The molecule has 0 radical (unpaired) electrons. The molecule has 0 fully saturated rings. The van der Waals surface area contributed by atoms with Crippen molar-refractivity contribution in [1.82, 2.24) is 0 Å².